The van der Waals surface area contributed by atoms with E-state index in [4.69, 9.17) is 4.74 Å². The molecule has 1 amide bonds. The number of ether oxygens (including phenoxy) is 1. The average Bonchev–Trinajstić information content (AvgIpc) is 3.13. The fourth-order valence-electron chi connectivity index (χ4n) is 5.69. The summed E-state index contributed by atoms with van der Waals surface area (Å²) in [6, 6.07) is 1.44. The lowest BCUT2D eigenvalue weighted by atomic mass is 9.71. The first kappa shape index (κ1) is 29.2. The van der Waals surface area contributed by atoms with Crippen molar-refractivity contribution in [2.45, 2.75) is 71.2 Å². The van der Waals surface area contributed by atoms with Crippen LogP contribution in [0, 0.1) is 18.8 Å². The number of rotatable bonds is 4. The summed E-state index contributed by atoms with van der Waals surface area (Å²) in [4.78, 5) is 52.2. The summed E-state index contributed by atoms with van der Waals surface area (Å²) in [5, 5.41) is 36.6. The Morgan fingerprint density at radius 1 is 1.23 bits per heavy atom. The number of ketones is 1. The predicted octanol–water partition coefficient (Wildman–Crippen LogP) is 3.17. The number of aliphatic hydroxyl groups is 2. The Balaban J connectivity index is 2.00. The molecule has 3 aliphatic rings. The predicted molar refractivity (Wildman–Crippen MR) is 146 cm³/mol. The Morgan fingerprint density at radius 3 is 2.55 bits per heavy atom. The quantitative estimate of drug-likeness (QED) is 0.254. The second-order valence-electron chi connectivity index (χ2n) is 11.0. The van der Waals surface area contributed by atoms with Crippen molar-refractivity contribution in [1.82, 2.24) is 5.32 Å². The Labute approximate surface area is 232 Å². The maximum absolute atomic E-state index is 13.4. The number of phenols is 1. The zero-order chi connectivity index (χ0) is 29.5. The highest BCUT2D eigenvalue weighted by Gasteiger charge is 2.55. The van der Waals surface area contributed by atoms with E-state index >= 15 is 0 Å². The number of carbonyl (C=O) groups is 4. The highest BCUT2D eigenvalue weighted by molar-refractivity contribution is 6.12. The molecule has 9 nitrogen and oxygen atoms in total. The zero-order valence-electron chi connectivity index (χ0n) is 23.2. The average molecular weight is 550 g/mol. The van der Waals surface area contributed by atoms with Gasteiger partial charge in [-0.1, -0.05) is 30.7 Å². The third-order valence-electron chi connectivity index (χ3n) is 7.87. The van der Waals surface area contributed by atoms with Gasteiger partial charge in [0.05, 0.1) is 11.6 Å². The minimum absolute atomic E-state index is 0.0134. The van der Waals surface area contributed by atoms with Crippen LogP contribution in [-0.4, -0.2) is 51.5 Å². The molecule has 4 bridgehead atoms. The maximum atomic E-state index is 13.4. The highest BCUT2D eigenvalue weighted by Crippen LogP contribution is 2.50. The van der Waals surface area contributed by atoms with E-state index in [1.807, 2.05) is 6.92 Å². The number of aromatic hydroxyl groups is 1. The van der Waals surface area contributed by atoms with Gasteiger partial charge in [-0.05, 0) is 64.2 Å². The van der Waals surface area contributed by atoms with Gasteiger partial charge in [0.25, 0.3) is 0 Å². The summed E-state index contributed by atoms with van der Waals surface area (Å²) in [7, 11) is 0. The molecular formula is C31H35NO8. The molecule has 0 aromatic heterocycles. The molecule has 2 heterocycles. The van der Waals surface area contributed by atoms with Gasteiger partial charge < -0.3 is 30.2 Å². The number of carbonyl (C=O) groups excluding carboxylic acids is 4. The van der Waals surface area contributed by atoms with Crippen LogP contribution in [0.3, 0.4) is 0 Å². The number of benzene rings is 1. The molecule has 2 aliphatic heterocycles. The summed E-state index contributed by atoms with van der Waals surface area (Å²) < 4.78 is 5.65. The first-order chi connectivity index (χ1) is 18.8. The summed E-state index contributed by atoms with van der Waals surface area (Å²) in [6.07, 6.45) is 6.43. The number of esters is 1. The lowest BCUT2D eigenvalue weighted by molar-refractivity contribution is -0.145. The molecule has 0 spiro atoms. The van der Waals surface area contributed by atoms with E-state index in [1.54, 1.807) is 39.0 Å². The molecule has 1 aromatic rings. The number of cyclic esters (lactones) is 1. The molecule has 9 heteroatoms. The number of hydrogen-bond donors (Lipinski definition) is 4. The largest absolute Gasteiger partial charge is 0.507 e. The normalized spacial score (nSPS) is 30.9. The second kappa shape index (κ2) is 11.0. The van der Waals surface area contributed by atoms with Crippen LogP contribution in [0.2, 0.25) is 0 Å². The molecule has 212 valence electrons. The Bertz CT molecular complexity index is 1400. The Kier molecular flexibility index (Phi) is 8.01. The van der Waals surface area contributed by atoms with Gasteiger partial charge in [0.1, 0.15) is 29.8 Å². The van der Waals surface area contributed by atoms with Crippen molar-refractivity contribution in [2.75, 3.05) is 0 Å². The number of amides is 1. The van der Waals surface area contributed by atoms with Crippen LogP contribution in [0.1, 0.15) is 73.5 Å². The third kappa shape index (κ3) is 4.95. The Hall–Kier alpha value is -3.82. The standard InChI is InChI=1S/C31H35NO8/c1-6-18-7-8-24(22(34)9-15(2)3)40-30(38)17(5)11-21-29(37)32-25-13-23(35)27-20(31(21,25)39)10-16(4)28(36)26(27)19(12-18)14-33/h7-11,13-14,18-19,21-22,24,34,36,39H,6,12H2,1-5H3,(H,32,37)/b8-7-,17-11-/t18-,19-,21+,22-,24-,31-/m0/s1. The van der Waals surface area contributed by atoms with Gasteiger partial charge in [0.2, 0.25) is 5.91 Å². The lowest BCUT2D eigenvalue weighted by Crippen LogP contribution is -2.39. The van der Waals surface area contributed by atoms with E-state index in [0.29, 0.717) is 18.3 Å². The van der Waals surface area contributed by atoms with E-state index in [0.717, 1.165) is 11.6 Å². The minimum atomic E-state index is -2.06. The topological polar surface area (TPSA) is 150 Å². The maximum Gasteiger partial charge on any atom is 0.334 e. The van der Waals surface area contributed by atoms with Crippen molar-refractivity contribution < 1.29 is 39.2 Å². The van der Waals surface area contributed by atoms with Gasteiger partial charge in [-0.3, -0.25) is 9.59 Å². The van der Waals surface area contributed by atoms with E-state index < -0.39 is 47.3 Å². The molecule has 1 fully saturated rings. The van der Waals surface area contributed by atoms with E-state index in [1.165, 1.54) is 19.1 Å². The van der Waals surface area contributed by atoms with Crippen LogP contribution in [0.15, 0.2) is 53.3 Å². The molecular weight excluding hydrogens is 514 g/mol. The van der Waals surface area contributed by atoms with Crippen molar-refractivity contribution >= 4 is 23.9 Å². The molecule has 4 rings (SSSR count). The SMILES string of the molecule is CC[C@H]1/C=C\[C@@H]([C@@H](O)C=C(C)C)OC(=O)/C(C)=C\[C@@H]2C(=O)NC3=CC(=O)c4c(cc(C)c(O)c4[C@H](C=O)C1)[C@@]32O. The first-order valence-electron chi connectivity index (χ1n) is 13.4. The number of phenolic OH excluding ortho intramolecular Hbond substituents is 1. The van der Waals surface area contributed by atoms with Gasteiger partial charge in [0.15, 0.2) is 5.78 Å². The number of aldehydes is 1. The number of nitrogens with one attached hydrogen (secondary N) is 1. The van der Waals surface area contributed by atoms with Crippen molar-refractivity contribution in [3.8, 4) is 5.75 Å². The molecule has 4 N–H and O–H groups in total. The molecule has 1 aliphatic carbocycles. The van der Waals surface area contributed by atoms with Crippen molar-refractivity contribution in [3.05, 3.63) is 75.5 Å². The van der Waals surface area contributed by atoms with Gasteiger partial charge in [-0.15, -0.1) is 0 Å². The fourth-order valence-corrected chi connectivity index (χ4v) is 5.69. The molecule has 0 saturated carbocycles. The van der Waals surface area contributed by atoms with Crippen LogP contribution in [0.25, 0.3) is 0 Å². The number of hydrogen-bond acceptors (Lipinski definition) is 8. The Morgan fingerprint density at radius 2 is 1.93 bits per heavy atom. The van der Waals surface area contributed by atoms with Crippen LogP contribution >= 0.6 is 0 Å². The van der Waals surface area contributed by atoms with Gasteiger partial charge >= 0.3 is 5.97 Å². The van der Waals surface area contributed by atoms with Crippen molar-refractivity contribution in [3.63, 3.8) is 0 Å². The van der Waals surface area contributed by atoms with E-state index in [9.17, 15) is 34.5 Å². The molecule has 0 radical (unpaired) electrons. The van der Waals surface area contributed by atoms with Gasteiger partial charge in [-0.25, -0.2) is 4.79 Å². The number of allylic oxidation sites excluding steroid dienone is 3. The molecule has 40 heavy (non-hydrogen) atoms. The van der Waals surface area contributed by atoms with Crippen LogP contribution in [0.4, 0.5) is 0 Å². The summed E-state index contributed by atoms with van der Waals surface area (Å²) in [5.41, 5.74) is -0.848. The first-order valence-corrected chi connectivity index (χ1v) is 13.4. The van der Waals surface area contributed by atoms with Crippen LogP contribution < -0.4 is 5.32 Å². The van der Waals surface area contributed by atoms with Crippen LogP contribution in [0.5, 0.6) is 5.75 Å². The zero-order valence-corrected chi connectivity index (χ0v) is 23.2. The smallest absolute Gasteiger partial charge is 0.334 e. The number of aryl methyl sites for hydroxylation is 1. The van der Waals surface area contributed by atoms with Crippen molar-refractivity contribution in [1.29, 1.82) is 0 Å². The third-order valence-corrected chi connectivity index (χ3v) is 7.87. The van der Waals surface area contributed by atoms with Gasteiger partial charge in [0, 0.05) is 34.3 Å². The fraction of sp³-hybridized carbons (Fsp3) is 0.419. The molecule has 6 atom stereocenters. The molecule has 1 aromatic carbocycles. The second-order valence-corrected chi connectivity index (χ2v) is 11.0. The summed E-state index contributed by atoms with van der Waals surface area (Å²) in [5.74, 6) is -4.75. The highest BCUT2D eigenvalue weighted by atomic mass is 16.6. The summed E-state index contributed by atoms with van der Waals surface area (Å²) in [6.45, 7) is 8.52. The molecule has 1 saturated heterocycles. The monoisotopic (exact) mass is 549 g/mol. The van der Waals surface area contributed by atoms with Crippen LogP contribution in [-0.2, 0) is 24.7 Å². The van der Waals surface area contributed by atoms with E-state index in [2.05, 4.69) is 5.32 Å². The van der Waals surface area contributed by atoms with E-state index in [-0.39, 0.29) is 46.0 Å². The van der Waals surface area contributed by atoms with Crippen molar-refractivity contribution in [2.24, 2.45) is 11.8 Å². The summed E-state index contributed by atoms with van der Waals surface area (Å²) >= 11 is 0. The van der Waals surface area contributed by atoms with Gasteiger partial charge in [-0.2, -0.15) is 0 Å². The lowest BCUT2D eigenvalue weighted by Gasteiger charge is -2.35. The minimum Gasteiger partial charge on any atom is -0.507 e. The molecule has 0 unspecified atom stereocenters. The number of aliphatic hydroxyl groups excluding tert-OH is 1.